The van der Waals surface area contributed by atoms with Gasteiger partial charge in [0.2, 0.25) is 0 Å². The molecular formula is C17H20N4OS. The van der Waals surface area contributed by atoms with Crippen molar-refractivity contribution in [2.24, 2.45) is 7.05 Å². The van der Waals surface area contributed by atoms with Gasteiger partial charge in [0.05, 0.1) is 12.5 Å². The molecule has 6 heteroatoms. The second-order valence-electron chi connectivity index (χ2n) is 5.44. The van der Waals surface area contributed by atoms with E-state index in [2.05, 4.69) is 11.1 Å². The molecule has 0 saturated carbocycles. The molecule has 0 aliphatic rings. The van der Waals surface area contributed by atoms with Crippen LogP contribution in [0.3, 0.4) is 0 Å². The zero-order chi connectivity index (χ0) is 16.8. The van der Waals surface area contributed by atoms with Gasteiger partial charge in [0.1, 0.15) is 0 Å². The lowest BCUT2D eigenvalue weighted by Crippen LogP contribution is -2.34. The lowest BCUT2D eigenvalue weighted by molar-refractivity contribution is 0.0746. The van der Waals surface area contributed by atoms with E-state index in [0.717, 1.165) is 16.5 Å². The van der Waals surface area contributed by atoms with Crippen LogP contribution in [0.5, 0.6) is 0 Å². The second-order valence-corrected chi connectivity index (χ2v) is 6.38. The molecule has 0 radical (unpaired) electrons. The van der Waals surface area contributed by atoms with Crippen molar-refractivity contribution in [1.29, 1.82) is 5.26 Å². The Labute approximate surface area is 140 Å². The van der Waals surface area contributed by atoms with Crippen LogP contribution in [0.2, 0.25) is 0 Å². The smallest absolute Gasteiger partial charge is 0.253 e. The summed E-state index contributed by atoms with van der Waals surface area (Å²) in [6.45, 7) is 1.88. The largest absolute Gasteiger partial charge is 0.338 e. The zero-order valence-corrected chi connectivity index (χ0v) is 14.4. The van der Waals surface area contributed by atoms with Crippen LogP contribution in [0.25, 0.3) is 0 Å². The van der Waals surface area contributed by atoms with Crippen LogP contribution in [0, 0.1) is 11.3 Å². The SMILES string of the molecule is CC(CC#N)N(C)C(=O)c1cccc(CSc2nccn2C)c1. The highest BCUT2D eigenvalue weighted by atomic mass is 32.2. The number of hydrogen-bond donors (Lipinski definition) is 0. The Morgan fingerprint density at radius 3 is 2.96 bits per heavy atom. The van der Waals surface area contributed by atoms with Gasteiger partial charge in [-0.05, 0) is 24.6 Å². The first-order valence-electron chi connectivity index (χ1n) is 7.36. The summed E-state index contributed by atoms with van der Waals surface area (Å²) < 4.78 is 1.97. The highest BCUT2D eigenvalue weighted by Gasteiger charge is 2.17. The first kappa shape index (κ1) is 17.1. The Hall–Kier alpha value is -2.26. The number of hydrogen-bond acceptors (Lipinski definition) is 4. The fourth-order valence-electron chi connectivity index (χ4n) is 2.11. The van der Waals surface area contributed by atoms with Crippen LogP contribution >= 0.6 is 11.8 Å². The number of rotatable bonds is 6. The summed E-state index contributed by atoms with van der Waals surface area (Å²) in [5.41, 5.74) is 1.72. The third-order valence-electron chi connectivity index (χ3n) is 3.69. The van der Waals surface area contributed by atoms with E-state index in [1.165, 1.54) is 0 Å². The molecule has 0 aliphatic carbocycles. The van der Waals surface area contributed by atoms with Crippen molar-refractivity contribution in [1.82, 2.24) is 14.5 Å². The van der Waals surface area contributed by atoms with Crippen LogP contribution in [0.4, 0.5) is 0 Å². The monoisotopic (exact) mass is 328 g/mol. The predicted molar refractivity (Wildman–Crippen MR) is 91.0 cm³/mol. The number of carbonyl (C=O) groups is 1. The van der Waals surface area contributed by atoms with E-state index < -0.39 is 0 Å². The maximum absolute atomic E-state index is 12.5. The Morgan fingerprint density at radius 1 is 1.52 bits per heavy atom. The predicted octanol–water partition coefficient (Wildman–Crippen LogP) is 3.09. The maximum Gasteiger partial charge on any atom is 0.253 e. The van der Waals surface area contributed by atoms with Gasteiger partial charge in [0, 0.05) is 43.8 Å². The highest BCUT2D eigenvalue weighted by Crippen LogP contribution is 2.21. The minimum atomic E-state index is -0.0990. The first-order chi connectivity index (χ1) is 11.0. The van der Waals surface area contributed by atoms with E-state index in [1.54, 1.807) is 29.9 Å². The first-order valence-corrected chi connectivity index (χ1v) is 8.34. The van der Waals surface area contributed by atoms with E-state index >= 15 is 0 Å². The number of imidazole rings is 1. The average Bonchev–Trinajstić information content (AvgIpc) is 2.97. The van der Waals surface area contributed by atoms with E-state index in [-0.39, 0.29) is 11.9 Å². The van der Waals surface area contributed by atoms with E-state index in [0.29, 0.717) is 12.0 Å². The van der Waals surface area contributed by atoms with Gasteiger partial charge in [-0.3, -0.25) is 4.79 Å². The molecule has 0 spiro atoms. The summed E-state index contributed by atoms with van der Waals surface area (Å²) in [7, 11) is 3.69. The summed E-state index contributed by atoms with van der Waals surface area (Å²) in [5, 5.41) is 9.71. The Balaban J connectivity index is 2.06. The normalized spacial score (nSPS) is 11.7. The number of aromatic nitrogens is 2. The van der Waals surface area contributed by atoms with Crippen LogP contribution in [-0.2, 0) is 12.8 Å². The van der Waals surface area contributed by atoms with Gasteiger partial charge in [-0.1, -0.05) is 23.9 Å². The molecule has 0 fully saturated rings. The average molecular weight is 328 g/mol. The molecule has 1 amide bonds. The molecule has 0 aliphatic heterocycles. The molecule has 23 heavy (non-hydrogen) atoms. The number of benzene rings is 1. The van der Waals surface area contributed by atoms with Crippen molar-refractivity contribution in [2.75, 3.05) is 7.05 Å². The molecule has 1 aromatic carbocycles. The van der Waals surface area contributed by atoms with Crippen molar-refractivity contribution >= 4 is 17.7 Å². The lowest BCUT2D eigenvalue weighted by Gasteiger charge is -2.23. The third kappa shape index (κ3) is 4.36. The summed E-state index contributed by atoms with van der Waals surface area (Å²) in [6.07, 6.45) is 4.01. The lowest BCUT2D eigenvalue weighted by atomic mass is 10.1. The Bertz CT molecular complexity index is 719. The molecule has 1 atom stereocenters. The molecule has 0 saturated heterocycles. The third-order valence-corrected chi connectivity index (χ3v) is 4.82. The standard InChI is InChI=1S/C17H20N4OS/c1-13(7-8-18)21(3)16(22)15-6-4-5-14(11-15)12-23-17-19-9-10-20(17)2/h4-6,9-11,13H,7,12H2,1-3H3. The van der Waals surface area contributed by atoms with Crippen molar-refractivity contribution < 1.29 is 4.79 Å². The molecular weight excluding hydrogens is 308 g/mol. The number of nitriles is 1. The fourth-order valence-corrected chi connectivity index (χ4v) is 2.98. The summed E-state index contributed by atoms with van der Waals surface area (Å²) in [5.74, 6) is 0.695. The number of carbonyl (C=O) groups excluding carboxylic acids is 1. The molecule has 5 nitrogen and oxygen atoms in total. The number of thioether (sulfide) groups is 1. The Kier molecular flexibility index (Phi) is 5.83. The summed E-state index contributed by atoms with van der Waals surface area (Å²) in [4.78, 5) is 18.4. The minimum absolute atomic E-state index is 0.0587. The van der Waals surface area contributed by atoms with Gasteiger partial charge in [-0.2, -0.15) is 5.26 Å². The van der Waals surface area contributed by atoms with Crippen molar-refractivity contribution in [2.45, 2.75) is 30.3 Å². The molecule has 1 aromatic heterocycles. The van der Waals surface area contributed by atoms with Gasteiger partial charge < -0.3 is 9.47 Å². The van der Waals surface area contributed by atoms with Crippen LogP contribution in [0.15, 0.2) is 41.8 Å². The van der Waals surface area contributed by atoms with Crippen molar-refractivity contribution in [3.63, 3.8) is 0 Å². The zero-order valence-electron chi connectivity index (χ0n) is 13.6. The fraction of sp³-hybridized carbons (Fsp3) is 0.353. The van der Waals surface area contributed by atoms with Crippen LogP contribution in [0.1, 0.15) is 29.3 Å². The molecule has 1 unspecified atom stereocenters. The van der Waals surface area contributed by atoms with Gasteiger partial charge in [0.25, 0.3) is 5.91 Å². The second kappa shape index (κ2) is 7.84. The molecule has 120 valence electrons. The van der Waals surface area contributed by atoms with Crippen molar-refractivity contribution in [3.8, 4) is 6.07 Å². The summed E-state index contributed by atoms with van der Waals surface area (Å²) >= 11 is 1.63. The summed E-state index contributed by atoms with van der Waals surface area (Å²) in [6, 6.07) is 9.62. The van der Waals surface area contributed by atoms with Gasteiger partial charge in [-0.15, -0.1) is 0 Å². The Morgan fingerprint density at radius 2 is 2.30 bits per heavy atom. The number of aryl methyl sites for hydroxylation is 1. The van der Waals surface area contributed by atoms with E-state index in [9.17, 15) is 4.79 Å². The maximum atomic E-state index is 12.5. The molecule has 0 N–H and O–H groups in total. The van der Waals surface area contributed by atoms with Gasteiger partial charge in [0.15, 0.2) is 5.16 Å². The topological polar surface area (TPSA) is 61.9 Å². The number of amides is 1. The van der Waals surface area contributed by atoms with Gasteiger partial charge >= 0.3 is 0 Å². The van der Waals surface area contributed by atoms with E-state index in [4.69, 9.17) is 5.26 Å². The quantitative estimate of drug-likeness (QED) is 0.765. The number of nitrogens with zero attached hydrogens (tertiary/aromatic N) is 4. The molecule has 1 heterocycles. The van der Waals surface area contributed by atoms with Crippen molar-refractivity contribution in [3.05, 3.63) is 47.8 Å². The minimum Gasteiger partial charge on any atom is -0.338 e. The van der Waals surface area contributed by atoms with Crippen LogP contribution < -0.4 is 0 Å². The molecule has 2 aromatic rings. The van der Waals surface area contributed by atoms with E-state index in [1.807, 2.05) is 49.0 Å². The van der Waals surface area contributed by atoms with Crippen LogP contribution in [-0.4, -0.2) is 33.4 Å². The molecule has 2 rings (SSSR count). The highest BCUT2D eigenvalue weighted by molar-refractivity contribution is 7.98. The van der Waals surface area contributed by atoms with Gasteiger partial charge in [-0.25, -0.2) is 4.98 Å². The molecule has 0 bridgehead atoms.